The molecule has 1 unspecified atom stereocenters. The summed E-state index contributed by atoms with van der Waals surface area (Å²) in [4.78, 5) is 45.5. The van der Waals surface area contributed by atoms with Crippen LogP contribution in [0, 0.1) is 31.6 Å². The molecule has 1 N–H and O–H groups in total. The Bertz CT molecular complexity index is 1160. The first-order chi connectivity index (χ1) is 17.1. The number of nitrogens with zero attached hydrogens (tertiary/aromatic N) is 2. The molecule has 0 radical (unpaired) electrons. The average Bonchev–Trinajstić information content (AvgIpc) is 3.07. The summed E-state index contributed by atoms with van der Waals surface area (Å²) in [7, 11) is 0. The van der Waals surface area contributed by atoms with Gasteiger partial charge in [-0.3, -0.25) is 14.4 Å². The number of aryl methyl sites for hydroxylation is 2. The zero-order valence-electron chi connectivity index (χ0n) is 21.4. The summed E-state index contributed by atoms with van der Waals surface area (Å²) in [5.74, 6) is -2.43. The van der Waals surface area contributed by atoms with Crippen LogP contribution in [0.5, 0.6) is 0 Å². The van der Waals surface area contributed by atoms with Crippen molar-refractivity contribution < 1.29 is 24.2 Å². The Labute approximate surface area is 216 Å². The van der Waals surface area contributed by atoms with Crippen LogP contribution in [0.3, 0.4) is 0 Å². The van der Waals surface area contributed by atoms with Crippen molar-refractivity contribution in [3.63, 3.8) is 0 Å². The van der Waals surface area contributed by atoms with Crippen molar-refractivity contribution in [2.24, 2.45) is 17.8 Å². The summed E-state index contributed by atoms with van der Waals surface area (Å²) in [5.41, 5.74) is 2.80. The first kappa shape index (κ1) is 25.1. The molecule has 4 heterocycles. The van der Waals surface area contributed by atoms with Crippen LogP contribution in [-0.4, -0.2) is 69.1 Å². The number of esters is 1. The number of aliphatic hydroxyl groups excluding tert-OH is 1. The van der Waals surface area contributed by atoms with Gasteiger partial charge in [-0.2, -0.15) is 0 Å². The van der Waals surface area contributed by atoms with E-state index < -0.39 is 39.4 Å². The third kappa shape index (κ3) is 3.40. The molecule has 0 bridgehead atoms. The number of thioether (sulfide) groups is 1. The van der Waals surface area contributed by atoms with Gasteiger partial charge in [-0.05, 0) is 43.9 Å². The highest BCUT2D eigenvalue weighted by Crippen LogP contribution is 2.66. The number of carbonyl (C=O) groups excluding carboxylic acids is 3. The van der Waals surface area contributed by atoms with Gasteiger partial charge in [0.25, 0.3) is 5.91 Å². The minimum absolute atomic E-state index is 0.0825. The molecule has 7 nitrogen and oxygen atoms in total. The van der Waals surface area contributed by atoms with E-state index in [-0.39, 0.29) is 30.9 Å². The van der Waals surface area contributed by atoms with Gasteiger partial charge in [0.15, 0.2) is 0 Å². The van der Waals surface area contributed by atoms with Crippen molar-refractivity contribution in [2.75, 3.05) is 24.7 Å². The Balaban J connectivity index is 1.72. The maximum Gasteiger partial charge on any atom is 0.311 e. The van der Waals surface area contributed by atoms with E-state index in [0.29, 0.717) is 6.54 Å². The quantitative estimate of drug-likeness (QED) is 0.495. The summed E-state index contributed by atoms with van der Waals surface area (Å²) < 4.78 is 3.84. The Morgan fingerprint density at radius 1 is 1.08 bits per heavy atom. The van der Waals surface area contributed by atoms with E-state index in [4.69, 9.17) is 4.74 Å². The number of likely N-dealkylation sites (tertiary alicyclic amines) is 1. The lowest BCUT2D eigenvalue weighted by Gasteiger charge is -2.41. The number of ether oxygens (including phenoxy) is 1. The molecule has 4 aliphatic heterocycles. The molecular formula is C28H34N2O5S. The number of hydrogen-bond acceptors (Lipinski definition) is 6. The van der Waals surface area contributed by atoms with Gasteiger partial charge < -0.3 is 19.6 Å². The molecule has 192 valence electrons. The van der Waals surface area contributed by atoms with Gasteiger partial charge in [-0.15, -0.1) is 11.8 Å². The molecule has 6 atom stereocenters. The van der Waals surface area contributed by atoms with Gasteiger partial charge in [-0.25, -0.2) is 0 Å². The number of hydrogen-bond donors (Lipinski definition) is 1. The van der Waals surface area contributed by atoms with Crippen molar-refractivity contribution in [1.29, 1.82) is 0 Å². The Morgan fingerprint density at radius 2 is 1.78 bits per heavy atom. The van der Waals surface area contributed by atoms with Gasteiger partial charge in [-0.1, -0.05) is 50.3 Å². The molecule has 2 amide bonds. The fourth-order valence-electron chi connectivity index (χ4n) is 6.70. The molecule has 4 aliphatic rings. The number of benzene rings is 1. The normalized spacial score (nSPS) is 34.3. The Hall–Kier alpha value is -2.58. The van der Waals surface area contributed by atoms with Crippen LogP contribution in [-0.2, 0) is 19.1 Å². The second kappa shape index (κ2) is 8.77. The summed E-state index contributed by atoms with van der Waals surface area (Å²) in [6.45, 7) is 10.1. The molecule has 5 rings (SSSR count). The third-order valence-electron chi connectivity index (χ3n) is 8.27. The number of cyclic esters (lactones) is 1. The standard InChI is InChI=1S/C28H34N2O5S/c1-16(2)19(15-31)30-23-25(33)29(22-17(3)9-6-10-18(22)4)13-7-12-28(23)20(24(30)32)21-26(34)35-14-8-11-27(21,5)36-28/h6-12,16,19-21,23,31H,13-15H2,1-5H3/t19-,20-,21+,23?,27-,28-/m0/s1. The lowest BCUT2D eigenvalue weighted by molar-refractivity contribution is -0.153. The lowest BCUT2D eigenvalue weighted by Crippen LogP contribution is -2.58. The zero-order chi connectivity index (χ0) is 26.0. The van der Waals surface area contributed by atoms with Crippen LogP contribution in [0.4, 0.5) is 5.69 Å². The monoisotopic (exact) mass is 510 g/mol. The maximum atomic E-state index is 14.6. The van der Waals surface area contributed by atoms with Crippen molar-refractivity contribution >= 4 is 35.2 Å². The fraction of sp³-hybridized carbons (Fsp3) is 0.536. The molecule has 2 saturated heterocycles. The van der Waals surface area contributed by atoms with Crippen LogP contribution < -0.4 is 4.90 Å². The second-order valence-corrected chi connectivity index (χ2v) is 12.7. The van der Waals surface area contributed by atoms with Gasteiger partial charge in [0.2, 0.25) is 5.91 Å². The van der Waals surface area contributed by atoms with Crippen LogP contribution in [0.2, 0.25) is 0 Å². The molecule has 36 heavy (non-hydrogen) atoms. The smallest absolute Gasteiger partial charge is 0.311 e. The lowest BCUT2D eigenvalue weighted by atomic mass is 9.75. The average molecular weight is 511 g/mol. The highest BCUT2D eigenvalue weighted by atomic mass is 32.2. The molecule has 1 aromatic carbocycles. The summed E-state index contributed by atoms with van der Waals surface area (Å²) in [6.07, 6.45) is 7.75. The number of para-hydroxylation sites is 1. The van der Waals surface area contributed by atoms with Crippen LogP contribution in [0.25, 0.3) is 0 Å². The predicted octanol–water partition coefficient (Wildman–Crippen LogP) is 3.02. The van der Waals surface area contributed by atoms with Crippen LogP contribution in [0.15, 0.2) is 42.5 Å². The summed E-state index contributed by atoms with van der Waals surface area (Å²) >= 11 is 1.52. The minimum Gasteiger partial charge on any atom is -0.461 e. The molecule has 1 spiro atoms. The number of amides is 2. The van der Waals surface area contributed by atoms with E-state index in [1.165, 1.54) is 11.8 Å². The van der Waals surface area contributed by atoms with Crippen molar-refractivity contribution in [1.82, 2.24) is 4.90 Å². The molecule has 0 aromatic heterocycles. The number of aliphatic hydroxyl groups is 1. The van der Waals surface area contributed by atoms with Gasteiger partial charge in [0.1, 0.15) is 12.6 Å². The van der Waals surface area contributed by atoms with Crippen molar-refractivity contribution in [2.45, 2.75) is 56.2 Å². The topological polar surface area (TPSA) is 87.2 Å². The minimum atomic E-state index is -0.956. The second-order valence-electron chi connectivity index (χ2n) is 10.9. The molecule has 1 aromatic rings. The molecular weight excluding hydrogens is 476 g/mol. The number of fused-ring (bicyclic) bond motifs is 2. The number of carbonyl (C=O) groups is 3. The number of rotatable bonds is 4. The third-order valence-corrected chi connectivity index (χ3v) is 10.1. The van der Waals surface area contributed by atoms with Gasteiger partial charge in [0, 0.05) is 17.0 Å². The van der Waals surface area contributed by atoms with Crippen LogP contribution in [0.1, 0.15) is 31.9 Å². The highest BCUT2D eigenvalue weighted by molar-refractivity contribution is 8.02. The SMILES string of the molecule is Cc1cccc(C)c1N1CC=C[C@]23S[C@@]4(C)C=CCOC(=O)[C@H]4[C@H]2C(=O)N([C@@H](CO)C(C)C)C3C1=O. The van der Waals surface area contributed by atoms with Crippen molar-refractivity contribution in [3.8, 4) is 0 Å². The van der Waals surface area contributed by atoms with E-state index in [9.17, 15) is 19.5 Å². The van der Waals surface area contributed by atoms with E-state index in [1.54, 1.807) is 9.80 Å². The Kier molecular flexibility index (Phi) is 6.11. The molecule has 0 saturated carbocycles. The first-order valence-corrected chi connectivity index (χ1v) is 13.4. The highest BCUT2D eigenvalue weighted by Gasteiger charge is 2.74. The fourth-order valence-corrected chi connectivity index (χ4v) is 8.84. The van der Waals surface area contributed by atoms with E-state index in [2.05, 4.69) is 0 Å². The summed E-state index contributed by atoms with van der Waals surface area (Å²) in [6, 6.07) is 4.52. The first-order valence-electron chi connectivity index (χ1n) is 12.6. The zero-order valence-corrected chi connectivity index (χ0v) is 22.2. The van der Waals surface area contributed by atoms with Crippen LogP contribution >= 0.6 is 11.8 Å². The van der Waals surface area contributed by atoms with Gasteiger partial charge >= 0.3 is 5.97 Å². The summed E-state index contributed by atoms with van der Waals surface area (Å²) in [5, 5.41) is 10.4. The van der Waals surface area contributed by atoms with Crippen molar-refractivity contribution in [3.05, 3.63) is 53.6 Å². The van der Waals surface area contributed by atoms with E-state index >= 15 is 0 Å². The number of anilines is 1. The Morgan fingerprint density at radius 3 is 2.42 bits per heavy atom. The predicted molar refractivity (Wildman–Crippen MR) is 140 cm³/mol. The van der Waals surface area contributed by atoms with E-state index in [1.807, 2.05) is 77.1 Å². The van der Waals surface area contributed by atoms with Gasteiger partial charge in [0.05, 0.1) is 29.2 Å². The van der Waals surface area contributed by atoms with E-state index in [0.717, 1.165) is 16.8 Å². The molecule has 8 heteroatoms. The maximum absolute atomic E-state index is 14.6. The largest absolute Gasteiger partial charge is 0.461 e. The molecule has 0 aliphatic carbocycles. The molecule has 2 fully saturated rings.